The molecule has 1 atom stereocenters. The third-order valence-corrected chi connectivity index (χ3v) is 3.78. The summed E-state index contributed by atoms with van der Waals surface area (Å²) in [6.07, 6.45) is 16.0. The van der Waals surface area contributed by atoms with Gasteiger partial charge in [-0.05, 0) is 30.5 Å². The van der Waals surface area contributed by atoms with E-state index in [-0.39, 0.29) is 0 Å². The van der Waals surface area contributed by atoms with Crippen molar-refractivity contribution in [3.05, 3.63) is 35.4 Å². The van der Waals surface area contributed by atoms with E-state index in [1.165, 1.54) is 56.9 Å². The highest BCUT2D eigenvalue weighted by molar-refractivity contribution is 5.38. The summed E-state index contributed by atoms with van der Waals surface area (Å²) < 4.78 is 0. The molecule has 0 saturated carbocycles. The summed E-state index contributed by atoms with van der Waals surface area (Å²) in [5.74, 6) is 7.68. The van der Waals surface area contributed by atoms with Gasteiger partial charge in [0.15, 0.2) is 6.10 Å². The molecule has 0 aliphatic rings. The van der Waals surface area contributed by atoms with E-state index in [9.17, 15) is 5.11 Å². The molecule has 0 heterocycles. The van der Waals surface area contributed by atoms with Crippen LogP contribution in [0.3, 0.4) is 0 Å². The average molecular weight is 296 g/mol. The van der Waals surface area contributed by atoms with E-state index in [2.05, 4.69) is 36.8 Å². The summed E-state index contributed by atoms with van der Waals surface area (Å²) in [7, 11) is 0. The number of rotatable bonds is 9. The SMILES string of the molecule is C#CC(O)C#Cc1ccc(CCCCCCCCCC)cc1. The lowest BCUT2D eigenvalue weighted by atomic mass is 10.0. The Morgan fingerprint density at radius 3 is 2.14 bits per heavy atom. The molecule has 0 spiro atoms. The fraction of sp³-hybridized carbons (Fsp3) is 0.524. The van der Waals surface area contributed by atoms with E-state index in [0.717, 1.165) is 12.0 Å². The Morgan fingerprint density at radius 2 is 1.55 bits per heavy atom. The van der Waals surface area contributed by atoms with Crippen molar-refractivity contribution in [3.63, 3.8) is 0 Å². The summed E-state index contributed by atoms with van der Waals surface area (Å²) in [6, 6.07) is 8.23. The summed E-state index contributed by atoms with van der Waals surface area (Å²) in [5, 5.41) is 9.20. The topological polar surface area (TPSA) is 20.2 Å². The zero-order valence-electron chi connectivity index (χ0n) is 13.8. The van der Waals surface area contributed by atoms with E-state index >= 15 is 0 Å². The number of terminal acetylenes is 1. The maximum absolute atomic E-state index is 9.20. The van der Waals surface area contributed by atoms with E-state index in [1.54, 1.807) is 0 Å². The quantitative estimate of drug-likeness (QED) is 0.516. The van der Waals surface area contributed by atoms with Crippen LogP contribution in [0.25, 0.3) is 0 Å². The summed E-state index contributed by atoms with van der Waals surface area (Å²) >= 11 is 0. The van der Waals surface area contributed by atoms with E-state index in [1.807, 2.05) is 12.1 Å². The maximum atomic E-state index is 9.20. The molecule has 1 nitrogen and oxygen atoms in total. The van der Waals surface area contributed by atoms with E-state index < -0.39 is 6.10 Å². The van der Waals surface area contributed by atoms with Crippen LogP contribution in [0, 0.1) is 24.2 Å². The molecular weight excluding hydrogens is 268 g/mol. The van der Waals surface area contributed by atoms with E-state index in [0.29, 0.717) is 0 Å². The van der Waals surface area contributed by atoms with Crippen molar-refractivity contribution < 1.29 is 5.11 Å². The minimum Gasteiger partial charge on any atom is -0.369 e. The van der Waals surface area contributed by atoms with Gasteiger partial charge < -0.3 is 5.11 Å². The molecule has 1 unspecified atom stereocenters. The average Bonchev–Trinajstić information content (AvgIpc) is 2.56. The van der Waals surface area contributed by atoms with Gasteiger partial charge in [-0.25, -0.2) is 0 Å². The maximum Gasteiger partial charge on any atom is 0.176 e. The van der Waals surface area contributed by atoms with Crippen molar-refractivity contribution in [1.29, 1.82) is 0 Å². The molecule has 0 fully saturated rings. The van der Waals surface area contributed by atoms with Crippen molar-refractivity contribution in [2.45, 2.75) is 70.8 Å². The van der Waals surface area contributed by atoms with Gasteiger partial charge in [0.25, 0.3) is 0 Å². The molecule has 0 amide bonds. The predicted octanol–water partition coefficient (Wildman–Crippen LogP) is 4.72. The van der Waals surface area contributed by atoms with Gasteiger partial charge in [0, 0.05) is 5.56 Å². The Morgan fingerprint density at radius 1 is 0.955 bits per heavy atom. The van der Waals surface area contributed by atoms with Crippen molar-refractivity contribution in [1.82, 2.24) is 0 Å². The van der Waals surface area contributed by atoms with Crippen LogP contribution in [0.5, 0.6) is 0 Å². The Kier molecular flexibility index (Phi) is 9.93. The number of benzene rings is 1. The van der Waals surface area contributed by atoms with Crippen LogP contribution in [0.15, 0.2) is 24.3 Å². The first kappa shape index (κ1) is 18.3. The fourth-order valence-electron chi connectivity index (χ4n) is 2.41. The van der Waals surface area contributed by atoms with Crippen LogP contribution in [0.2, 0.25) is 0 Å². The van der Waals surface area contributed by atoms with Crippen LogP contribution in [-0.2, 0) is 6.42 Å². The van der Waals surface area contributed by atoms with Gasteiger partial charge >= 0.3 is 0 Å². The van der Waals surface area contributed by atoms with Crippen molar-refractivity contribution in [2.75, 3.05) is 0 Å². The van der Waals surface area contributed by atoms with Gasteiger partial charge in [0.2, 0.25) is 0 Å². The molecule has 1 N–H and O–H groups in total. The third kappa shape index (κ3) is 8.56. The van der Waals surface area contributed by atoms with Gasteiger partial charge in [0.05, 0.1) is 0 Å². The number of unbranched alkanes of at least 4 members (excludes halogenated alkanes) is 7. The first-order valence-corrected chi connectivity index (χ1v) is 8.51. The van der Waals surface area contributed by atoms with Gasteiger partial charge in [-0.1, -0.05) is 81.8 Å². The molecule has 1 aromatic carbocycles. The summed E-state index contributed by atoms with van der Waals surface area (Å²) in [6.45, 7) is 2.26. The standard InChI is InChI=1S/C21H28O/c1-3-5-6-7-8-9-10-11-12-19-13-15-20(16-14-19)17-18-21(22)4-2/h2,13-16,21-22H,3,5-12H2,1H3. The first-order chi connectivity index (χ1) is 10.8. The zero-order valence-corrected chi connectivity index (χ0v) is 13.8. The Balaban J connectivity index is 2.19. The minimum absolute atomic E-state index is 0.897. The third-order valence-electron chi connectivity index (χ3n) is 3.78. The lowest BCUT2D eigenvalue weighted by Crippen LogP contribution is -1.96. The lowest BCUT2D eigenvalue weighted by molar-refractivity contribution is 0.290. The monoisotopic (exact) mass is 296 g/mol. The molecule has 0 aliphatic carbocycles. The highest BCUT2D eigenvalue weighted by Crippen LogP contribution is 2.12. The predicted molar refractivity (Wildman–Crippen MR) is 94.5 cm³/mol. The zero-order chi connectivity index (χ0) is 16.0. The minimum atomic E-state index is -0.975. The summed E-state index contributed by atoms with van der Waals surface area (Å²) in [5.41, 5.74) is 2.25. The molecule has 1 aromatic rings. The summed E-state index contributed by atoms with van der Waals surface area (Å²) in [4.78, 5) is 0. The van der Waals surface area contributed by atoms with Crippen LogP contribution >= 0.6 is 0 Å². The lowest BCUT2D eigenvalue weighted by Gasteiger charge is -2.03. The molecule has 0 radical (unpaired) electrons. The molecule has 0 aromatic heterocycles. The molecule has 1 rings (SSSR count). The van der Waals surface area contributed by atoms with Gasteiger partial charge in [-0.3, -0.25) is 0 Å². The van der Waals surface area contributed by atoms with Gasteiger partial charge in [-0.15, -0.1) is 6.42 Å². The highest BCUT2D eigenvalue weighted by Gasteiger charge is 1.96. The second kappa shape index (κ2) is 11.9. The number of aliphatic hydroxyl groups excluding tert-OH is 1. The Bertz CT molecular complexity index is 495. The molecule has 0 aliphatic heterocycles. The highest BCUT2D eigenvalue weighted by atomic mass is 16.3. The van der Waals surface area contributed by atoms with Crippen LogP contribution in [0.1, 0.15) is 69.4 Å². The Hall–Kier alpha value is -1.70. The normalized spacial score (nSPS) is 11.3. The van der Waals surface area contributed by atoms with E-state index in [4.69, 9.17) is 6.42 Å². The van der Waals surface area contributed by atoms with Gasteiger partial charge in [-0.2, -0.15) is 0 Å². The van der Waals surface area contributed by atoms with Crippen molar-refractivity contribution in [3.8, 4) is 24.2 Å². The number of aliphatic hydroxyl groups is 1. The number of hydrogen-bond donors (Lipinski definition) is 1. The second-order valence-electron chi connectivity index (χ2n) is 5.76. The van der Waals surface area contributed by atoms with Crippen molar-refractivity contribution in [2.24, 2.45) is 0 Å². The number of hydrogen-bond acceptors (Lipinski definition) is 1. The first-order valence-electron chi connectivity index (χ1n) is 8.51. The molecule has 0 saturated heterocycles. The smallest absolute Gasteiger partial charge is 0.176 e. The van der Waals surface area contributed by atoms with Crippen LogP contribution in [-0.4, -0.2) is 11.2 Å². The molecule has 1 heteroatoms. The van der Waals surface area contributed by atoms with Crippen LogP contribution in [0.4, 0.5) is 0 Å². The molecule has 118 valence electrons. The Labute approximate surface area is 136 Å². The van der Waals surface area contributed by atoms with Crippen molar-refractivity contribution >= 4 is 0 Å². The number of aryl methyl sites for hydroxylation is 1. The second-order valence-corrected chi connectivity index (χ2v) is 5.76. The van der Waals surface area contributed by atoms with Gasteiger partial charge in [0.1, 0.15) is 0 Å². The van der Waals surface area contributed by atoms with Crippen LogP contribution < -0.4 is 0 Å². The molecular formula is C21H28O. The molecule has 0 bridgehead atoms. The fourth-order valence-corrected chi connectivity index (χ4v) is 2.41. The largest absolute Gasteiger partial charge is 0.369 e. The molecule has 22 heavy (non-hydrogen) atoms.